The minimum atomic E-state index is -0.664. The molecule has 6 heteroatoms. The van der Waals surface area contributed by atoms with Crippen molar-refractivity contribution in [3.8, 4) is 5.75 Å². The van der Waals surface area contributed by atoms with Gasteiger partial charge in [-0.15, -0.1) is 0 Å². The fourth-order valence-corrected chi connectivity index (χ4v) is 2.15. The predicted molar refractivity (Wildman–Crippen MR) is 73.5 cm³/mol. The van der Waals surface area contributed by atoms with E-state index in [4.69, 9.17) is 22.2 Å². The maximum atomic E-state index is 14.2. The molecule has 0 spiro atoms. The number of hydrogen-bond acceptors (Lipinski definition) is 3. The minimum absolute atomic E-state index is 0.0499. The average Bonchev–Trinajstić information content (AvgIpc) is 2.45. The van der Waals surface area contributed by atoms with E-state index in [1.165, 1.54) is 31.4 Å². The molecular weight excluding hydrogens is 286 g/mol. The van der Waals surface area contributed by atoms with Crippen LogP contribution in [0.5, 0.6) is 5.75 Å². The standard InChI is InChI=1S/C14H13ClF2N2O/c1-20-12-4-2-3-9(13(12)17)14(19-18)8-5-6-11(16)10(15)7-8/h2-7,14,19H,18H2,1H3. The molecule has 0 radical (unpaired) electrons. The van der Waals surface area contributed by atoms with E-state index in [0.717, 1.165) is 0 Å². The van der Waals surface area contributed by atoms with Gasteiger partial charge in [-0.25, -0.2) is 14.2 Å². The highest BCUT2D eigenvalue weighted by molar-refractivity contribution is 6.30. The summed E-state index contributed by atoms with van der Waals surface area (Å²) in [4.78, 5) is 0. The van der Waals surface area contributed by atoms with Gasteiger partial charge in [0, 0.05) is 5.56 Å². The maximum Gasteiger partial charge on any atom is 0.170 e. The van der Waals surface area contributed by atoms with Gasteiger partial charge in [-0.1, -0.05) is 29.8 Å². The monoisotopic (exact) mass is 298 g/mol. The Labute approximate surface area is 120 Å². The second-order valence-corrected chi connectivity index (χ2v) is 4.54. The van der Waals surface area contributed by atoms with Crippen LogP contribution >= 0.6 is 11.6 Å². The molecule has 2 rings (SSSR count). The first kappa shape index (κ1) is 14.7. The Hall–Kier alpha value is -1.69. The zero-order chi connectivity index (χ0) is 14.7. The van der Waals surface area contributed by atoms with Gasteiger partial charge in [0.05, 0.1) is 18.2 Å². The molecule has 3 N–H and O–H groups in total. The summed E-state index contributed by atoms with van der Waals surface area (Å²) >= 11 is 5.74. The Kier molecular flexibility index (Phi) is 4.54. The summed E-state index contributed by atoms with van der Waals surface area (Å²) in [7, 11) is 1.38. The predicted octanol–water partition coefficient (Wildman–Crippen LogP) is 3.18. The van der Waals surface area contributed by atoms with Gasteiger partial charge in [-0.05, 0) is 23.8 Å². The highest BCUT2D eigenvalue weighted by atomic mass is 35.5. The molecule has 106 valence electrons. The van der Waals surface area contributed by atoms with Crippen molar-refractivity contribution >= 4 is 11.6 Å². The Bertz CT molecular complexity index is 622. The lowest BCUT2D eigenvalue weighted by Crippen LogP contribution is -2.29. The second-order valence-electron chi connectivity index (χ2n) is 4.14. The summed E-state index contributed by atoms with van der Waals surface area (Å²) in [5, 5.41) is -0.0499. The first-order valence-corrected chi connectivity index (χ1v) is 6.19. The lowest BCUT2D eigenvalue weighted by Gasteiger charge is -2.19. The topological polar surface area (TPSA) is 47.3 Å². The van der Waals surface area contributed by atoms with Crippen LogP contribution in [0.1, 0.15) is 17.2 Å². The molecule has 0 bridgehead atoms. The Morgan fingerprint density at radius 1 is 1.25 bits per heavy atom. The number of rotatable bonds is 4. The fourth-order valence-electron chi connectivity index (χ4n) is 1.97. The summed E-state index contributed by atoms with van der Waals surface area (Å²) in [6, 6.07) is 8.16. The van der Waals surface area contributed by atoms with Crippen molar-refractivity contribution in [3.63, 3.8) is 0 Å². The molecule has 1 unspecified atom stereocenters. The van der Waals surface area contributed by atoms with E-state index >= 15 is 0 Å². The fraction of sp³-hybridized carbons (Fsp3) is 0.143. The van der Waals surface area contributed by atoms with Gasteiger partial charge in [-0.2, -0.15) is 0 Å². The smallest absolute Gasteiger partial charge is 0.170 e. The zero-order valence-corrected chi connectivity index (χ0v) is 11.4. The number of ether oxygens (including phenoxy) is 1. The molecule has 0 heterocycles. The maximum absolute atomic E-state index is 14.2. The van der Waals surface area contributed by atoms with E-state index in [1.807, 2.05) is 0 Å². The molecule has 20 heavy (non-hydrogen) atoms. The number of methoxy groups -OCH3 is 1. The number of nitrogens with two attached hydrogens (primary N) is 1. The number of benzene rings is 2. The minimum Gasteiger partial charge on any atom is -0.494 e. The third kappa shape index (κ3) is 2.75. The molecule has 2 aromatic carbocycles. The van der Waals surface area contributed by atoms with E-state index in [2.05, 4.69) is 5.43 Å². The van der Waals surface area contributed by atoms with E-state index in [0.29, 0.717) is 5.56 Å². The molecule has 1 atom stereocenters. The largest absolute Gasteiger partial charge is 0.494 e. The van der Waals surface area contributed by atoms with Gasteiger partial charge in [0.2, 0.25) is 0 Å². The Balaban J connectivity index is 2.49. The highest BCUT2D eigenvalue weighted by Crippen LogP contribution is 2.30. The SMILES string of the molecule is COc1cccc(C(NN)c2ccc(F)c(Cl)c2)c1F. The first-order valence-electron chi connectivity index (χ1n) is 5.82. The van der Waals surface area contributed by atoms with Crippen molar-refractivity contribution < 1.29 is 13.5 Å². The van der Waals surface area contributed by atoms with E-state index in [9.17, 15) is 8.78 Å². The van der Waals surface area contributed by atoms with Crippen LogP contribution in [0.4, 0.5) is 8.78 Å². The lowest BCUT2D eigenvalue weighted by atomic mass is 9.98. The molecule has 0 aliphatic carbocycles. The number of hydrazine groups is 1. The lowest BCUT2D eigenvalue weighted by molar-refractivity contribution is 0.381. The van der Waals surface area contributed by atoms with Gasteiger partial charge in [0.1, 0.15) is 5.82 Å². The Morgan fingerprint density at radius 3 is 2.60 bits per heavy atom. The average molecular weight is 299 g/mol. The molecule has 2 aromatic rings. The molecular formula is C14H13ClF2N2O. The zero-order valence-electron chi connectivity index (χ0n) is 10.7. The van der Waals surface area contributed by atoms with Crippen LogP contribution in [-0.4, -0.2) is 7.11 Å². The number of halogens is 3. The molecule has 0 saturated heterocycles. The van der Waals surface area contributed by atoms with Crippen LogP contribution in [0.15, 0.2) is 36.4 Å². The molecule has 0 aromatic heterocycles. The van der Waals surface area contributed by atoms with Crippen LogP contribution in [0, 0.1) is 11.6 Å². The second kappa shape index (κ2) is 6.17. The number of hydrogen-bond donors (Lipinski definition) is 2. The first-order chi connectivity index (χ1) is 9.58. The molecule has 0 fully saturated rings. The molecule has 3 nitrogen and oxygen atoms in total. The van der Waals surface area contributed by atoms with Crippen LogP contribution < -0.4 is 16.0 Å². The van der Waals surface area contributed by atoms with Gasteiger partial charge < -0.3 is 4.74 Å². The van der Waals surface area contributed by atoms with Crippen LogP contribution in [0.2, 0.25) is 5.02 Å². The summed E-state index contributed by atoms with van der Waals surface area (Å²) in [6.07, 6.45) is 0. The van der Waals surface area contributed by atoms with Crippen molar-refractivity contribution in [1.82, 2.24) is 5.43 Å². The normalized spacial score (nSPS) is 12.2. The molecule has 0 aliphatic rings. The molecule has 0 saturated carbocycles. The van der Waals surface area contributed by atoms with Crippen LogP contribution in [0.25, 0.3) is 0 Å². The van der Waals surface area contributed by atoms with Gasteiger partial charge in [0.25, 0.3) is 0 Å². The van der Waals surface area contributed by atoms with Gasteiger partial charge in [0.15, 0.2) is 11.6 Å². The Morgan fingerprint density at radius 2 is 2.00 bits per heavy atom. The highest BCUT2D eigenvalue weighted by Gasteiger charge is 2.20. The third-order valence-electron chi connectivity index (χ3n) is 2.97. The third-order valence-corrected chi connectivity index (χ3v) is 3.26. The van der Waals surface area contributed by atoms with E-state index in [-0.39, 0.29) is 16.3 Å². The van der Waals surface area contributed by atoms with Gasteiger partial charge >= 0.3 is 0 Å². The van der Waals surface area contributed by atoms with Crippen molar-refractivity contribution in [1.29, 1.82) is 0 Å². The van der Waals surface area contributed by atoms with Gasteiger partial charge in [-0.3, -0.25) is 5.84 Å². The van der Waals surface area contributed by atoms with E-state index in [1.54, 1.807) is 12.1 Å². The van der Waals surface area contributed by atoms with Crippen molar-refractivity contribution in [2.24, 2.45) is 5.84 Å². The summed E-state index contributed by atoms with van der Waals surface area (Å²) < 4.78 is 32.4. The summed E-state index contributed by atoms with van der Waals surface area (Å²) in [6.45, 7) is 0. The molecule has 0 aliphatic heterocycles. The van der Waals surface area contributed by atoms with Crippen molar-refractivity contribution in [3.05, 3.63) is 64.2 Å². The number of nitrogens with one attached hydrogen (secondary N) is 1. The summed E-state index contributed by atoms with van der Waals surface area (Å²) in [5.74, 6) is 4.52. The van der Waals surface area contributed by atoms with Crippen LogP contribution in [-0.2, 0) is 0 Å². The summed E-state index contributed by atoms with van der Waals surface area (Å²) in [5.41, 5.74) is 3.33. The quantitative estimate of drug-likeness (QED) is 0.673. The van der Waals surface area contributed by atoms with Crippen molar-refractivity contribution in [2.45, 2.75) is 6.04 Å². The van der Waals surface area contributed by atoms with E-state index < -0.39 is 17.7 Å². The molecule has 0 amide bonds. The van der Waals surface area contributed by atoms with Crippen LogP contribution in [0.3, 0.4) is 0 Å². The van der Waals surface area contributed by atoms with Crippen molar-refractivity contribution in [2.75, 3.05) is 7.11 Å².